The second kappa shape index (κ2) is 4.84. The second-order valence-electron chi connectivity index (χ2n) is 5.80. The van der Waals surface area contributed by atoms with Gasteiger partial charge in [-0.1, -0.05) is 6.92 Å². The molecule has 1 saturated carbocycles. The highest BCUT2D eigenvalue weighted by Gasteiger charge is 2.30. The Morgan fingerprint density at radius 1 is 1.13 bits per heavy atom. The summed E-state index contributed by atoms with van der Waals surface area (Å²) in [6, 6.07) is 1.30. The van der Waals surface area contributed by atoms with Crippen molar-refractivity contribution in [1.29, 1.82) is 0 Å². The fraction of sp³-hybridized carbons (Fsp3) is 1.00. The summed E-state index contributed by atoms with van der Waals surface area (Å²) < 4.78 is 0. The Hall–Kier alpha value is -0.0800. The van der Waals surface area contributed by atoms with Crippen LogP contribution in [0, 0.1) is 11.8 Å². The molecule has 1 saturated heterocycles. The molecule has 1 aliphatic heterocycles. The molecule has 0 aromatic carbocycles. The molecule has 0 aromatic rings. The van der Waals surface area contributed by atoms with Crippen molar-refractivity contribution in [2.24, 2.45) is 17.6 Å². The number of rotatable bonds is 2. The van der Waals surface area contributed by atoms with Gasteiger partial charge in [0.15, 0.2) is 0 Å². The van der Waals surface area contributed by atoms with Crippen molar-refractivity contribution < 1.29 is 0 Å². The van der Waals surface area contributed by atoms with Crippen molar-refractivity contribution in [3.63, 3.8) is 0 Å². The van der Waals surface area contributed by atoms with E-state index in [-0.39, 0.29) is 0 Å². The topological polar surface area (TPSA) is 29.3 Å². The second-order valence-corrected chi connectivity index (χ2v) is 5.80. The predicted octanol–water partition coefficient (Wildman–Crippen LogP) is 2.23. The van der Waals surface area contributed by atoms with Gasteiger partial charge in [-0.2, -0.15) is 0 Å². The lowest BCUT2D eigenvalue weighted by Crippen LogP contribution is -2.43. The van der Waals surface area contributed by atoms with E-state index in [0.717, 1.165) is 17.9 Å². The average Bonchev–Trinajstić information content (AvgIpc) is 2.65. The SMILES string of the molecule is CC1CCC(N2CCC(C(C)N)CC2)C1. The van der Waals surface area contributed by atoms with Gasteiger partial charge in [-0.15, -0.1) is 0 Å². The minimum atomic E-state index is 0.398. The molecule has 0 amide bonds. The van der Waals surface area contributed by atoms with E-state index in [9.17, 15) is 0 Å². The number of hydrogen-bond acceptors (Lipinski definition) is 2. The first-order valence-electron chi connectivity index (χ1n) is 6.66. The van der Waals surface area contributed by atoms with Crippen molar-refractivity contribution in [3.8, 4) is 0 Å². The minimum absolute atomic E-state index is 0.398. The van der Waals surface area contributed by atoms with Crippen molar-refractivity contribution in [2.45, 2.75) is 58.0 Å². The van der Waals surface area contributed by atoms with Crippen LogP contribution in [0.4, 0.5) is 0 Å². The highest BCUT2D eigenvalue weighted by molar-refractivity contribution is 4.85. The third-order valence-corrected chi connectivity index (χ3v) is 4.50. The van der Waals surface area contributed by atoms with E-state index >= 15 is 0 Å². The molecule has 1 aliphatic carbocycles. The van der Waals surface area contributed by atoms with E-state index < -0.39 is 0 Å². The van der Waals surface area contributed by atoms with E-state index in [1.54, 1.807) is 0 Å². The Morgan fingerprint density at radius 3 is 2.27 bits per heavy atom. The lowest BCUT2D eigenvalue weighted by molar-refractivity contribution is 0.124. The van der Waals surface area contributed by atoms with E-state index in [1.807, 2.05) is 0 Å². The predicted molar refractivity (Wildman–Crippen MR) is 64.7 cm³/mol. The first-order valence-corrected chi connectivity index (χ1v) is 6.66. The third-order valence-electron chi connectivity index (χ3n) is 4.50. The Balaban J connectivity index is 1.78. The summed E-state index contributed by atoms with van der Waals surface area (Å²) in [5.74, 6) is 1.74. The summed E-state index contributed by atoms with van der Waals surface area (Å²) in [5.41, 5.74) is 5.97. The van der Waals surface area contributed by atoms with Crippen molar-refractivity contribution in [2.75, 3.05) is 13.1 Å². The molecule has 2 aliphatic rings. The monoisotopic (exact) mass is 210 g/mol. The summed E-state index contributed by atoms with van der Waals surface area (Å²) in [7, 11) is 0. The molecule has 2 fully saturated rings. The zero-order valence-corrected chi connectivity index (χ0v) is 10.3. The zero-order valence-electron chi connectivity index (χ0n) is 10.3. The lowest BCUT2D eigenvalue weighted by Gasteiger charge is -2.37. The van der Waals surface area contributed by atoms with E-state index in [4.69, 9.17) is 5.73 Å². The molecule has 2 rings (SSSR count). The molecule has 15 heavy (non-hydrogen) atoms. The summed E-state index contributed by atoms with van der Waals surface area (Å²) in [6.45, 7) is 7.15. The average molecular weight is 210 g/mol. The standard InChI is InChI=1S/C13H26N2/c1-10-3-4-13(9-10)15-7-5-12(6-8-15)11(2)14/h10-13H,3-9,14H2,1-2H3. The maximum absolute atomic E-state index is 5.97. The van der Waals surface area contributed by atoms with Gasteiger partial charge in [0, 0.05) is 12.1 Å². The molecule has 3 atom stereocenters. The van der Waals surface area contributed by atoms with Gasteiger partial charge >= 0.3 is 0 Å². The quantitative estimate of drug-likeness (QED) is 0.757. The van der Waals surface area contributed by atoms with Crippen LogP contribution in [0.2, 0.25) is 0 Å². The summed E-state index contributed by atoms with van der Waals surface area (Å²) in [6.07, 6.45) is 6.95. The molecule has 2 heteroatoms. The Kier molecular flexibility index (Phi) is 3.68. The normalized spacial score (nSPS) is 37.0. The van der Waals surface area contributed by atoms with Gasteiger partial charge in [-0.05, 0) is 64.0 Å². The van der Waals surface area contributed by atoms with Crippen LogP contribution in [-0.4, -0.2) is 30.1 Å². The number of likely N-dealkylation sites (tertiary alicyclic amines) is 1. The van der Waals surface area contributed by atoms with Crippen LogP contribution < -0.4 is 5.73 Å². The smallest absolute Gasteiger partial charge is 0.00978 e. The first kappa shape index (κ1) is 11.4. The molecule has 2 nitrogen and oxygen atoms in total. The molecular formula is C13H26N2. The van der Waals surface area contributed by atoms with E-state index in [2.05, 4.69) is 18.7 Å². The summed E-state index contributed by atoms with van der Waals surface area (Å²) in [4.78, 5) is 2.72. The Bertz CT molecular complexity index is 195. The number of piperidine rings is 1. The number of nitrogens with zero attached hydrogens (tertiary/aromatic N) is 1. The highest BCUT2D eigenvalue weighted by Crippen LogP contribution is 2.31. The highest BCUT2D eigenvalue weighted by atomic mass is 15.2. The van der Waals surface area contributed by atoms with Crippen LogP contribution in [0.15, 0.2) is 0 Å². The van der Waals surface area contributed by atoms with Crippen LogP contribution in [-0.2, 0) is 0 Å². The maximum atomic E-state index is 5.97. The minimum Gasteiger partial charge on any atom is -0.328 e. The fourth-order valence-corrected chi connectivity index (χ4v) is 3.32. The summed E-state index contributed by atoms with van der Waals surface area (Å²) in [5, 5.41) is 0. The van der Waals surface area contributed by atoms with Gasteiger partial charge in [0.25, 0.3) is 0 Å². The van der Waals surface area contributed by atoms with Crippen molar-refractivity contribution in [1.82, 2.24) is 4.90 Å². The van der Waals surface area contributed by atoms with Crippen molar-refractivity contribution >= 4 is 0 Å². The molecule has 1 heterocycles. The summed E-state index contributed by atoms with van der Waals surface area (Å²) >= 11 is 0. The number of hydrogen-bond donors (Lipinski definition) is 1. The van der Waals surface area contributed by atoms with Gasteiger partial charge in [0.05, 0.1) is 0 Å². The van der Waals surface area contributed by atoms with Crippen LogP contribution in [0.25, 0.3) is 0 Å². The molecular weight excluding hydrogens is 184 g/mol. The van der Waals surface area contributed by atoms with Crippen molar-refractivity contribution in [3.05, 3.63) is 0 Å². The van der Waals surface area contributed by atoms with Gasteiger partial charge in [-0.25, -0.2) is 0 Å². The zero-order chi connectivity index (χ0) is 10.8. The van der Waals surface area contributed by atoms with E-state index in [0.29, 0.717) is 6.04 Å². The van der Waals surface area contributed by atoms with Crippen LogP contribution in [0.1, 0.15) is 46.0 Å². The Morgan fingerprint density at radius 2 is 1.80 bits per heavy atom. The van der Waals surface area contributed by atoms with Crippen LogP contribution >= 0.6 is 0 Å². The molecule has 88 valence electrons. The van der Waals surface area contributed by atoms with Crippen LogP contribution in [0.3, 0.4) is 0 Å². The van der Waals surface area contributed by atoms with Gasteiger partial charge < -0.3 is 10.6 Å². The number of nitrogens with two attached hydrogens (primary N) is 1. The van der Waals surface area contributed by atoms with Crippen LogP contribution in [0.5, 0.6) is 0 Å². The fourth-order valence-electron chi connectivity index (χ4n) is 3.32. The molecule has 0 aromatic heterocycles. The molecule has 0 radical (unpaired) electrons. The molecule has 0 bridgehead atoms. The van der Waals surface area contributed by atoms with Gasteiger partial charge in [0.1, 0.15) is 0 Å². The van der Waals surface area contributed by atoms with Gasteiger partial charge in [0.2, 0.25) is 0 Å². The third kappa shape index (κ3) is 2.73. The maximum Gasteiger partial charge on any atom is 0.00978 e. The molecule has 3 unspecified atom stereocenters. The molecule has 2 N–H and O–H groups in total. The Labute approximate surface area is 94.2 Å². The van der Waals surface area contributed by atoms with Gasteiger partial charge in [-0.3, -0.25) is 0 Å². The molecule has 0 spiro atoms. The lowest BCUT2D eigenvalue weighted by atomic mass is 9.90. The first-order chi connectivity index (χ1) is 7.16. The van der Waals surface area contributed by atoms with E-state index in [1.165, 1.54) is 45.2 Å². The largest absolute Gasteiger partial charge is 0.328 e.